The molecule has 0 aliphatic carbocycles. The molecule has 0 spiro atoms. The molecule has 0 fully saturated rings. The second-order valence-electron chi connectivity index (χ2n) is 2.68. The molecule has 2 N–H and O–H groups in total. The highest BCUT2D eigenvalue weighted by Gasteiger charge is 2.11. The molecule has 0 aliphatic rings. The van der Waals surface area contributed by atoms with Crippen LogP contribution in [0.15, 0.2) is 24.3 Å². The maximum Gasteiger partial charge on any atom is 0.394 e. The highest BCUT2D eigenvalue weighted by atomic mass is 31.2. The summed E-state index contributed by atoms with van der Waals surface area (Å²) in [4.78, 5) is 28.1. The molecule has 0 radical (unpaired) electrons. The molecule has 1 aromatic rings. The summed E-state index contributed by atoms with van der Waals surface area (Å²) < 4.78 is 4.25. The van der Waals surface area contributed by atoms with Gasteiger partial charge in [0.25, 0.3) is 0 Å². The average Bonchev–Trinajstić information content (AvgIpc) is 2.17. The molecular weight excluding hydrogens is 203 g/mol. The van der Waals surface area contributed by atoms with Crippen LogP contribution in [0, 0.1) is 0 Å². The molecule has 0 unspecified atom stereocenters. The van der Waals surface area contributed by atoms with Gasteiger partial charge in [0, 0.05) is 0 Å². The molecule has 0 atom stereocenters. The lowest BCUT2D eigenvalue weighted by Crippen LogP contribution is -2.01. The minimum atomic E-state index is -2.62. The maximum absolute atomic E-state index is 11.1. The molecule has 0 saturated carbocycles. The Hall–Kier alpha value is -0.960. The Bertz CT molecular complexity index is 307. The Balaban J connectivity index is 2.71. The number of hydrogen-bond donors (Lipinski definition) is 2. The molecule has 76 valence electrons. The monoisotopic (exact) mass is 214 g/mol. The van der Waals surface area contributed by atoms with E-state index in [0.717, 1.165) is 12.0 Å². The fourth-order valence-electron chi connectivity index (χ4n) is 1.00. The van der Waals surface area contributed by atoms with E-state index in [1.54, 1.807) is 24.3 Å². The lowest BCUT2D eigenvalue weighted by Gasteiger charge is -2.04. The van der Waals surface area contributed by atoms with Crippen LogP contribution in [-0.2, 0) is 10.9 Å². The van der Waals surface area contributed by atoms with Gasteiger partial charge in [0.15, 0.2) is 0 Å². The Labute approximate surface area is 83.1 Å². The van der Waals surface area contributed by atoms with Gasteiger partial charge in [-0.05, 0) is 24.1 Å². The number of aryl methyl sites for hydroxylation is 1. The third kappa shape index (κ3) is 3.07. The van der Waals surface area contributed by atoms with Gasteiger partial charge < -0.3 is 14.3 Å². The van der Waals surface area contributed by atoms with E-state index >= 15 is 0 Å². The molecule has 0 bridgehead atoms. The van der Waals surface area contributed by atoms with Gasteiger partial charge in [0.05, 0.1) is 5.56 Å². The number of hydrogen-bond acceptors (Lipinski definition) is 4. The van der Waals surface area contributed by atoms with Crippen LogP contribution in [-0.4, -0.2) is 15.8 Å². The van der Waals surface area contributed by atoms with E-state index in [1.165, 1.54) is 0 Å². The standard InChI is InChI=1S/C9H11O4P/c1-2-7-3-5-8(6-4-7)9(10)13-14(11)12/h3-6,11-12H,2H2,1H3. The number of benzene rings is 1. The van der Waals surface area contributed by atoms with E-state index in [-0.39, 0.29) is 0 Å². The van der Waals surface area contributed by atoms with Crippen molar-refractivity contribution in [2.75, 3.05) is 0 Å². The minimum Gasteiger partial charge on any atom is -0.391 e. The first-order valence-electron chi connectivity index (χ1n) is 4.12. The van der Waals surface area contributed by atoms with Crippen molar-refractivity contribution in [1.82, 2.24) is 0 Å². The van der Waals surface area contributed by atoms with E-state index in [2.05, 4.69) is 4.52 Å². The van der Waals surface area contributed by atoms with Gasteiger partial charge in [-0.1, -0.05) is 19.1 Å². The summed E-state index contributed by atoms with van der Waals surface area (Å²) in [6.07, 6.45) is 0.891. The summed E-state index contributed by atoms with van der Waals surface area (Å²) in [5, 5.41) is 0. The van der Waals surface area contributed by atoms with Crippen LogP contribution in [0.3, 0.4) is 0 Å². The van der Waals surface area contributed by atoms with Gasteiger partial charge in [-0.3, -0.25) is 0 Å². The highest BCUT2D eigenvalue weighted by molar-refractivity contribution is 7.40. The Morgan fingerprint density at radius 1 is 1.36 bits per heavy atom. The molecule has 0 saturated heterocycles. The summed E-state index contributed by atoms with van der Waals surface area (Å²) >= 11 is 0. The first-order chi connectivity index (χ1) is 6.63. The van der Waals surface area contributed by atoms with E-state index in [4.69, 9.17) is 9.79 Å². The van der Waals surface area contributed by atoms with Crippen molar-refractivity contribution in [2.45, 2.75) is 13.3 Å². The summed E-state index contributed by atoms with van der Waals surface area (Å²) in [6, 6.07) is 6.79. The van der Waals surface area contributed by atoms with Gasteiger partial charge in [0.1, 0.15) is 0 Å². The number of carbonyl (C=O) groups excluding carboxylic acids is 1. The Morgan fingerprint density at radius 3 is 2.36 bits per heavy atom. The minimum absolute atomic E-state index is 0.317. The summed E-state index contributed by atoms with van der Waals surface area (Å²) in [7, 11) is -2.62. The van der Waals surface area contributed by atoms with Gasteiger partial charge >= 0.3 is 14.6 Å². The Kier molecular flexibility index (Phi) is 4.01. The average molecular weight is 214 g/mol. The zero-order chi connectivity index (χ0) is 10.6. The quantitative estimate of drug-likeness (QED) is 0.750. The van der Waals surface area contributed by atoms with Crippen LogP contribution >= 0.6 is 8.60 Å². The SMILES string of the molecule is CCc1ccc(C(=O)OP(O)O)cc1. The molecular formula is C9H11O4P. The second kappa shape index (κ2) is 5.05. The summed E-state index contributed by atoms with van der Waals surface area (Å²) in [6.45, 7) is 2.01. The normalized spacial score (nSPS) is 10.3. The van der Waals surface area contributed by atoms with Gasteiger partial charge in [-0.15, -0.1) is 0 Å². The maximum atomic E-state index is 11.1. The predicted molar refractivity (Wildman–Crippen MR) is 52.6 cm³/mol. The van der Waals surface area contributed by atoms with Gasteiger partial charge in [0.2, 0.25) is 0 Å². The zero-order valence-corrected chi connectivity index (χ0v) is 8.57. The van der Waals surface area contributed by atoms with Crippen molar-refractivity contribution in [3.63, 3.8) is 0 Å². The highest BCUT2D eigenvalue weighted by Crippen LogP contribution is 2.26. The second-order valence-corrected chi connectivity index (χ2v) is 3.37. The molecule has 14 heavy (non-hydrogen) atoms. The largest absolute Gasteiger partial charge is 0.394 e. The van der Waals surface area contributed by atoms with Crippen LogP contribution in [0.1, 0.15) is 22.8 Å². The molecule has 1 rings (SSSR count). The van der Waals surface area contributed by atoms with Crippen LogP contribution < -0.4 is 0 Å². The first kappa shape index (κ1) is 11.1. The van der Waals surface area contributed by atoms with E-state index in [1.807, 2.05) is 6.92 Å². The van der Waals surface area contributed by atoms with E-state index in [0.29, 0.717) is 5.56 Å². The van der Waals surface area contributed by atoms with Crippen molar-refractivity contribution in [1.29, 1.82) is 0 Å². The van der Waals surface area contributed by atoms with Crippen LogP contribution in [0.4, 0.5) is 0 Å². The fraction of sp³-hybridized carbons (Fsp3) is 0.222. The fourth-order valence-corrected chi connectivity index (χ4v) is 1.26. The lowest BCUT2D eigenvalue weighted by atomic mass is 10.1. The zero-order valence-electron chi connectivity index (χ0n) is 7.67. The first-order valence-corrected chi connectivity index (χ1v) is 5.29. The lowest BCUT2D eigenvalue weighted by molar-refractivity contribution is 0.0715. The number of rotatable bonds is 3. The summed E-state index contributed by atoms with van der Waals surface area (Å²) in [5.41, 5.74) is 1.43. The van der Waals surface area contributed by atoms with Crippen molar-refractivity contribution < 1.29 is 19.1 Å². The van der Waals surface area contributed by atoms with E-state index in [9.17, 15) is 4.79 Å². The van der Waals surface area contributed by atoms with Gasteiger partial charge in [-0.25, -0.2) is 4.79 Å². The van der Waals surface area contributed by atoms with E-state index < -0.39 is 14.6 Å². The van der Waals surface area contributed by atoms with Crippen LogP contribution in [0.5, 0.6) is 0 Å². The van der Waals surface area contributed by atoms with Crippen molar-refractivity contribution in [3.05, 3.63) is 35.4 Å². The Morgan fingerprint density at radius 2 is 1.93 bits per heavy atom. The predicted octanol–water partition coefficient (Wildman–Crippen LogP) is 1.62. The smallest absolute Gasteiger partial charge is 0.391 e. The molecule has 1 aromatic carbocycles. The topological polar surface area (TPSA) is 66.8 Å². The molecule has 4 nitrogen and oxygen atoms in total. The van der Waals surface area contributed by atoms with Crippen molar-refractivity contribution >= 4 is 14.6 Å². The molecule has 5 heteroatoms. The van der Waals surface area contributed by atoms with Crippen molar-refractivity contribution in [3.8, 4) is 0 Å². The van der Waals surface area contributed by atoms with Crippen LogP contribution in [0.25, 0.3) is 0 Å². The van der Waals surface area contributed by atoms with Crippen molar-refractivity contribution in [2.24, 2.45) is 0 Å². The summed E-state index contributed by atoms with van der Waals surface area (Å²) in [5.74, 6) is -0.719. The van der Waals surface area contributed by atoms with Gasteiger partial charge in [-0.2, -0.15) is 0 Å². The van der Waals surface area contributed by atoms with Crippen LogP contribution in [0.2, 0.25) is 0 Å². The molecule has 0 aliphatic heterocycles. The molecule has 0 amide bonds. The third-order valence-electron chi connectivity index (χ3n) is 1.76. The molecule has 0 heterocycles. The number of carbonyl (C=O) groups is 1. The molecule has 0 aromatic heterocycles. The third-order valence-corrected chi connectivity index (χ3v) is 2.09.